The quantitative estimate of drug-likeness (QED) is 0.552. The highest BCUT2D eigenvalue weighted by molar-refractivity contribution is 5.60. The van der Waals surface area contributed by atoms with Gasteiger partial charge in [0.05, 0.1) is 13.7 Å². The van der Waals surface area contributed by atoms with Gasteiger partial charge in [0, 0.05) is 11.6 Å². The smallest absolute Gasteiger partial charge is 0.387 e. The Morgan fingerprint density at radius 2 is 1.83 bits per heavy atom. The maximum absolute atomic E-state index is 12.5. The van der Waals surface area contributed by atoms with Crippen molar-refractivity contribution in [1.29, 1.82) is 0 Å². The van der Waals surface area contributed by atoms with E-state index >= 15 is 0 Å². The lowest BCUT2D eigenvalue weighted by Crippen LogP contribution is -2.25. The van der Waals surface area contributed by atoms with Gasteiger partial charge >= 0.3 is 6.61 Å². The number of ether oxygens (including phenoxy) is 2. The number of nitrogens with one attached hydrogen (secondary N) is 1. The summed E-state index contributed by atoms with van der Waals surface area (Å²) in [5.74, 6) is 1.24. The number of aromatic nitrogens is 2. The molecule has 1 aromatic heterocycles. The Bertz CT molecular complexity index is 917. The first-order valence-electron chi connectivity index (χ1n) is 9.22. The van der Waals surface area contributed by atoms with Crippen molar-refractivity contribution in [2.24, 2.45) is 5.92 Å². The highest BCUT2D eigenvalue weighted by Crippen LogP contribution is 2.32. The second-order valence-electron chi connectivity index (χ2n) is 6.77. The van der Waals surface area contributed by atoms with Gasteiger partial charge in [0.25, 0.3) is 0 Å². The number of hydrogen-bond donors (Lipinski definition) is 1. The summed E-state index contributed by atoms with van der Waals surface area (Å²) in [6.07, 6.45) is 0. The van der Waals surface area contributed by atoms with E-state index in [-0.39, 0.29) is 17.5 Å². The van der Waals surface area contributed by atoms with Crippen LogP contribution in [0.2, 0.25) is 0 Å². The molecule has 0 fully saturated rings. The van der Waals surface area contributed by atoms with Gasteiger partial charge in [0.15, 0.2) is 11.5 Å². The molecule has 1 atom stereocenters. The Morgan fingerprint density at radius 1 is 1.07 bits per heavy atom. The first kappa shape index (κ1) is 20.7. The Kier molecular flexibility index (Phi) is 6.77. The molecule has 0 saturated carbocycles. The molecule has 1 heterocycles. The maximum atomic E-state index is 12.5. The summed E-state index contributed by atoms with van der Waals surface area (Å²) in [5, 5.41) is 7.42. The summed E-state index contributed by atoms with van der Waals surface area (Å²) >= 11 is 0. The lowest BCUT2D eigenvalue weighted by Gasteiger charge is -2.22. The molecule has 8 heteroatoms. The van der Waals surface area contributed by atoms with Crippen LogP contribution >= 0.6 is 0 Å². The Labute approximate surface area is 167 Å². The van der Waals surface area contributed by atoms with E-state index in [9.17, 15) is 8.78 Å². The van der Waals surface area contributed by atoms with Gasteiger partial charge in [-0.25, -0.2) is 0 Å². The van der Waals surface area contributed by atoms with E-state index in [1.165, 1.54) is 24.8 Å². The summed E-state index contributed by atoms with van der Waals surface area (Å²) in [6, 6.07) is 14.8. The van der Waals surface area contributed by atoms with Crippen LogP contribution in [0.3, 0.4) is 0 Å². The molecule has 3 aromatic rings. The Hall–Kier alpha value is -3.00. The van der Waals surface area contributed by atoms with E-state index in [1.807, 2.05) is 18.2 Å². The molecule has 29 heavy (non-hydrogen) atoms. The van der Waals surface area contributed by atoms with Gasteiger partial charge in [0.2, 0.25) is 11.7 Å². The van der Waals surface area contributed by atoms with Crippen molar-refractivity contribution in [1.82, 2.24) is 15.5 Å². The van der Waals surface area contributed by atoms with Crippen molar-refractivity contribution in [2.45, 2.75) is 33.0 Å². The molecule has 0 amide bonds. The van der Waals surface area contributed by atoms with Crippen LogP contribution in [-0.4, -0.2) is 23.9 Å². The zero-order valence-corrected chi connectivity index (χ0v) is 16.4. The predicted octanol–water partition coefficient (Wildman–Crippen LogP) is 4.83. The third kappa shape index (κ3) is 5.29. The summed E-state index contributed by atoms with van der Waals surface area (Å²) in [6.45, 7) is 1.74. The van der Waals surface area contributed by atoms with Gasteiger partial charge in [-0.05, 0) is 29.7 Å². The molecule has 0 aliphatic rings. The van der Waals surface area contributed by atoms with Crippen LogP contribution in [0, 0.1) is 5.92 Å². The minimum absolute atomic E-state index is 0.0562. The molecule has 0 bridgehead atoms. The Balaban J connectivity index is 1.72. The lowest BCUT2D eigenvalue weighted by molar-refractivity contribution is -0.0512. The average molecular weight is 403 g/mol. The van der Waals surface area contributed by atoms with Crippen molar-refractivity contribution in [3.63, 3.8) is 0 Å². The second-order valence-corrected chi connectivity index (χ2v) is 6.77. The molecular formula is C21H23F2N3O3. The number of rotatable bonds is 9. The number of alkyl halides is 2. The fourth-order valence-corrected chi connectivity index (χ4v) is 3.04. The highest BCUT2D eigenvalue weighted by Gasteiger charge is 2.18. The molecule has 0 radical (unpaired) electrons. The van der Waals surface area contributed by atoms with Crippen LogP contribution in [0.25, 0.3) is 11.4 Å². The fraction of sp³-hybridized carbons (Fsp3) is 0.333. The van der Waals surface area contributed by atoms with Gasteiger partial charge in [0.1, 0.15) is 0 Å². The standard InChI is InChI=1S/C21H23F2N3O3/c1-13(2)19(14-7-5-4-6-8-14)24-12-18-25-20(26-29-18)15-9-10-16(28-21(22)23)17(11-15)27-3/h4-11,13,19,21,24H,12H2,1-3H3. The SMILES string of the molecule is COc1cc(-c2noc(CNC(c3ccccc3)C(C)C)n2)ccc1OC(F)F. The molecule has 6 nitrogen and oxygen atoms in total. The molecule has 2 aromatic carbocycles. The van der Waals surface area contributed by atoms with Crippen molar-refractivity contribution in [3.8, 4) is 22.9 Å². The number of nitrogens with zero attached hydrogens (tertiary/aromatic N) is 2. The maximum Gasteiger partial charge on any atom is 0.387 e. The predicted molar refractivity (Wildman–Crippen MR) is 104 cm³/mol. The van der Waals surface area contributed by atoms with Gasteiger partial charge in [-0.1, -0.05) is 49.3 Å². The number of hydrogen-bond acceptors (Lipinski definition) is 6. The summed E-state index contributed by atoms with van der Waals surface area (Å²) in [4.78, 5) is 4.39. The minimum atomic E-state index is -2.93. The second kappa shape index (κ2) is 9.47. The van der Waals surface area contributed by atoms with E-state index in [1.54, 1.807) is 6.07 Å². The third-order valence-corrected chi connectivity index (χ3v) is 4.40. The molecule has 3 rings (SSSR count). The zero-order chi connectivity index (χ0) is 20.8. The minimum Gasteiger partial charge on any atom is -0.493 e. The third-order valence-electron chi connectivity index (χ3n) is 4.40. The molecular weight excluding hydrogens is 380 g/mol. The van der Waals surface area contributed by atoms with Crippen LogP contribution in [-0.2, 0) is 6.54 Å². The van der Waals surface area contributed by atoms with Crippen LogP contribution < -0.4 is 14.8 Å². The molecule has 0 aliphatic heterocycles. The van der Waals surface area contributed by atoms with Crippen molar-refractivity contribution in [2.75, 3.05) is 7.11 Å². The van der Waals surface area contributed by atoms with Gasteiger partial charge in [-0.2, -0.15) is 13.8 Å². The monoisotopic (exact) mass is 403 g/mol. The topological polar surface area (TPSA) is 69.4 Å². The zero-order valence-electron chi connectivity index (χ0n) is 16.4. The normalized spacial score (nSPS) is 12.4. The summed E-state index contributed by atoms with van der Waals surface area (Å²) in [7, 11) is 1.37. The highest BCUT2D eigenvalue weighted by atomic mass is 19.3. The van der Waals surface area contributed by atoms with Crippen molar-refractivity contribution in [3.05, 3.63) is 60.0 Å². The van der Waals surface area contributed by atoms with Gasteiger partial charge in [-0.15, -0.1) is 0 Å². The molecule has 0 spiro atoms. The average Bonchev–Trinajstić information content (AvgIpc) is 3.17. The Morgan fingerprint density at radius 3 is 2.48 bits per heavy atom. The fourth-order valence-electron chi connectivity index (χ4n) is 3.04. The number of methoxy groups -OCH3 is 1. The first-order chi connectivity index (χ1) is 14.0. The molecule has 0 saturated heterocycles. The number of halogens is 2. The molecule has 1 N–H and O–H groups in total. The van der Waals surface area contributed by atoms with E-state index in [0.717, 1.165) is 0 Å². The van der Waals surface area contributed by atoms with Crippen molar-refractivity contribution >= 4 is 0 Å². The van der Waals surface area contributed by atoms with Crippen molar-refractivity contribution < 1.29 is 22.8 Å². The molecule has 1 unspecified atom stereocenters. The van der Waals surface area contributed by atoms with Gasteiger partial charge in [-0.3, -0.25) is 0 Å². The largest absolute Gasteiger partial charge is 0.493 e. The number of benzene rings is 2. The molecule has 154 valence electrons. The van der Waals surface area contributed by atoms with E-state index in [2.05, 4.69) is 46.2 Å². The molecule has 0 aliphatic carbocycles. The van der Waals surface area contributed by atoms with Crippen LogP contribution in [0.5, 0.6) is 11.5 Å². The van der Waals surface area contributed by atoms with Crippen LogP contribution in [0.1, 0.15) is 31.3 Å². The lowest BCUT2D eigenvalue weighted by atomic mass is 9.96. The van der Waals surface area contributed by atoms with Crippen LogP contribution in [0.15, 0.2) is 53.1 Å². The summed E-state index contributed by atoms with van der Waals surface area (Å²) in [5.41, 5.74) is 1.75. The van der Waals surface area contributed by atoms with Gasteiger partial charge < -0.3 is 19.3 Å². The van der Waals surface area contributed by atoms with E-state index in [4.69, 9.17) is 9.26 Å². The van der Waals surface area contributed by atoms with Crippen LogP contribution in [0.4, 0.5) is 8.78 Å². The summed E-state index contributed by atoms with van der Waals surface area (Å²) < 4.78 is 39.8. The van der Waals surface area contributed by atoms with E-state index < -0.39 is 6.61 Å². The van der Waals surface area contributed by atoms with E-state index in [0.29, 0.717) is 29.7 Å². The first-order valence-corrected chi connectivity index (χ1v) is 9.22.